The summed E-state index contributed by atoms with van der Waals surface area (Å²) >= 11 is 0. The molecule has 6 nitrogen and oxygen atoms in total. The molecule has 1 aliphatic rings. The van der Waals surface area contributed by atoms with Gasteiger partial charge in [0.05, 0.1) is 12.4 Å². The summed E-state index contributed by atoms with van der Waals surface area (Å²) in [5, 5.41) is 9.05. The molecule has 2 rings (SSSR count). The molecule has 0 amide bonds. The number of aliphatic hydroxyl groups is 1. The molecule has 0 aliphatic heterocycles. The molecule has 0 atom stereocenters. The number of hydrogen-bond acceptors (Lipinski definition) is 5. The third kappa shape index (κ3) is 4.33. The molecule has 0 bridgehead atoms. The third-order valence-corrected chi connectivity index (χ3v) is 5.51. The Morgan fingerprint density at radius 2 is 2.14 bits per heavy atom. The summed E-state index contributed by atoms with van der Waals surface area (Å²) in [6, 6.07) is 6.92. The monoisotopic (exact) mass is 314 g/mol. The number of hydrogen-bond donors (Lipinski definition) is 2. The molecule has 3 N–H and O–H groups in total. The van der Waals surface area contributed by atoms with Crippen molar-refractivity contribution < 1.29 is 18.3 Å². The van der Waals surface area contributed by atoms with Gasteiger partial charge in [0.1, 0.15) is 12.4 Å². The summed E-state index contributed by atoms with van der Waals surface area (Å²) in [5.74, 6) is 0.459. The van der Waals surface area contributed by atoms with Crippen molar-refractivity contribution in [3.8, 4) is 5.75 Å². The van der Waals surface area contributed by atoms with Gasteiger partial charge in [-0.1, -0.05) is 12.5 Å². The van der Waals surface area contributed by atoms with E-state index in [0.29, 0.717) is 11.4 Å². The number of anilines is 1. The van der Waals surface area contributed by atoms with Crippen molar-refractivity contribution in [2.24, 2.45) is 0 Å². The average molecular weight is 314 g/mol. The summed E-state index contributed by atoms with van der Waals surface area (Å²) in [6.07, 6.45) is 2.78. The Hall–Kier alpha value is -1.31. The molecule has 0 saturated heterocycles. The van der Waals surface area contributed by atoms with Gasteiger partial charge in [0.15, 0.2) is 0 Å². The largest absolute Gasteiger partial charge is 0.492 e. The van der Waals surface area contributed by atoms with E-state index in [1.807, 2.05) is 0 Å². The SMILES string of the molecule is Nc1cccc(OCCS(=O)(=O)N(CCO)C2CCC2)c1. The van der Waals surface area contributed by atoms with Gasteiger partial charge in [-0.3, -0.25) is 0 Å². The standard InChI is InChI=1S/C14H22N2O4S/c15-12-3-1-6-14(11-12)20-9-10-21(18,19)16(7-8-17)13-4-2-5-13/h1,3,6,11,13,17H,2,4-5,7-10,15H2. The highest BCUT2D eigenvalue weighted by Gasteiger charge is 2.33. The summed E-state index contributed by atoms with van der Waals surface area (Å²) < 4.78 is 31.5. The molecule has 1 aromatic rings. The van der Waals surface area contributed by atoms with Crippen LogP contribution in [-0.2, 0) is 10.0 Å². The van der Waals surface area contributed by atoms with Crippen LogP contribution < -0.4 is 10.5 Å². The zero-order chi connectivity index (χ0) is 15.3. The molecule has 1 aromatic carbocycles. The summed E-state index contributed by atoms with van der Waals surface area (Å²) in [5.41, 5.74) is 6.21. The topological polar surface area (TPSA) is 92.9 Å². The van der Waals surface area contributed by atoms with E-state index in [2.05, 4.69) is 0 Å². The highest BCUT2D eigenvalue weighted by atomic mass is 32.2. The van der Waals surface area contributed by atoms with Crippen molar-refractivity contribution in [1.29, 1.82) is 0 Å². The number of sulfonamides is 1. The first-order valence-corrected chi connectivity index (χ1v) is 8.72. The van der Waals surface area contributed by atoms with E-state index in [4.69, 9.17) is 15.6 Å². The van der Waals surface area contributed by atoms with Gasteiger partial charge in [-0.25, -0.2) is 8.42 Å². The van der Waals surface area contributed by atoms with Crippen LogP contribution in [0.3, 0.4) is 0 Å². The molecule has 118 valence electrons. The molecular weight excluding hydrogens is 292 g/mol. The van der Waals surface area contributed by atoms with Crippen LogP contribution in [0.1, 0.15) is 19.3 Å². The fraction of sp³-hybridized carbons (Fsp3) is 0.571. The number of nitrogen functional groups attached to an aromatic ring is 1. The minimum Gasteiger partial charge on any atom is -0.492 e. The summed E-state index contributed by atoms with van der Waals surface area (Å²) in [7, 11) is -3.41. The van der Waals surface area contributed by atoms with E-state index < -0.39 is 10.0 Å². The van der Waals surface area contributed by atoms with Crippen molar-refractivity contribution in [3.63, 3.8) is 0 Å². The summed E-state index contributed by atoms with van der Waals surface area (Å²) in [4.78, 5) is 0. The predicted molar refractivity (Wildman–Crippen MR) is 81.6 cm³/mol. The Bertz CT molecular complexity index is 558. The van der Waals surface area contributed by atoms with Crippen LogP contribution in [0, 0.1) is 0 Å². The quantitative estimate of drug-likeness (QED) is 0.693. The molecule has 0 aromatic heterocycles. The maximum absolute atomic E-state index is 12.3. The van der Waals surface area contributed by atoms with E-state index in [1.165, 1.54) is 4.31 Å². The molecule has 0 spiro atoms. The number of nitrogens with two attached hydrogens (primary N) is 1. The van der Waals surface area contributed by atoms with Gasteiger partial charge in [0.2, 0.25) is 10.0 Å². The molecule has 1 saturated carbocycles. The second-order valence-corrected chi connectivity index (χ2v) is 7.20. The zero-order valence-electron chi connectivity index (χ0n) is 11.9. The number of nitrogens with zero attached hydrogens (tertiary/aromatic N) is 1. The minimum absolute atomic E-state index is 0.0366. The molecule has 0 heterocycles. The number of ether oxygens (including phenoxy) is 1. The van der Waals surface area contributed by atoms with Crippen molar-refractivity contribution >= 4 is 15.7 Å². The first-order valence-electron chi connectivity index (χ1n) is 7.11. The number of benzene rings is 1. The van der Waals surface area contributed by atoms with Gasteiger partial charge in [0, 0.05) is 24.3 Å². The number of aliphatic hydroxyl groups excluding tert-OH is 1. The van der Waals surface area contributed by atoms with E-state index in [9.17, 15) is 8.42 Å². The van der Waals surface area contributed by atoms with Gasteiger partial charge in [-0.05, 0) is 25.0 Å². The minimum atomic E-state index is -3.41. The number of rotatable bonds is 8. The Labute approximate surface area is 125 Å². The lowest BCUT2D eigenvalue weighted by atomic mass is 9.93. The molecule has 1 fully saturated rings. The molecule has 0 unspecified atom stereocenters. The highest BCUT2D eigenvalue weighted by molar-refractivity contribution is 7.89. The third-order valence-electron chi connectivity index (χ3n) is 3.63. The first-order chi connectivity index (χ1) is 10.0. The van der Waals surface area contributed by atoms with E-state index >= 15 is 0 Å². The molecule has 21 heavy (non-hydrogen) atoms. The van der Waals surface area contributed by atoms with Gasteiger partial charge in [-0.15, -0.1) is 0 Å². The maximum atomic E-state index is 12.3. The van der Waals surface area contributed by atoms with Crippen LogP contribution in [0.2, 0.25) is 0 Å². The van der Waals surface area contributed by atoms with E-state index in [0.717, 1.165) is 19.3 Å². The van der Waals surface area contributed by atoms with Crippen LogP contribution in [0.15, 0.2) is 24.3 Å². The van der Waals surface area contributed by atoms with Gasteiger partial charge < -0.3 is 15.6 Å². The fourth-order valence-electron chi connectivity index (χ4n) is 2.31. The Morgan fingerprint density at radius 3 is 2.71 bits per heavy atom. The van der Waals surface area contributed by atoms with Gasteiger partial charge in [-0.2, -0.15) is 4.31 Å². The molecule has 1 aliphatic carbocycles. The van der Waals surface area contributed by atoms with Crippen LogP contribution in [0.4, 0.5) is 5.69 Å². The first kappa shape index (κ1) is 16.1. The summed E-state index contributed by atoms with van der Waals surface area (Å²) in [6.45, 7) is 0.0670. The fourth-order valence-corrected chi connectivity index (χ4v) is 3.86. The second kappa shape index (κ2) is 7.11. The average Bonchev–Trinajstić information content (AvgIpc) is 2.36. The lowest BCUT2D eigenvalue weighted by Crippen LogP contribution is -2.47. The smallest absolute Gasteiger partial charge is 0.217 e. The lowest BCUT2D eigenvalue weighted by Gasteiger charge is -2.36. The predicted octanol–water partition coefficient (Wildman–Crippen LogP) is 0.824. The van der Waals surface area contributed by atoms with Crippen LogP contribution in [0.5, 0.6) is 5.75 Å². The second-order valence-electron chi connectivity index (χ2n) is 5.16. The Kier molecular flexibility index (Phi) is 5.44. The van der Waals surface area contributed by atoms with Crippen molar-refractivity contribution in [1.82, 2.24) is 4.31 Å². The van der Waals surface area contributed by atoms with E-state index in [1.54, 1.807) is 24.3 Å². The van der Waals surface area contributed by atoms with Gasteiger partial charge in [0.25, 0.3) is 0 Å². The van der Waals surface area contributed by atoms with Crippen LogP contribution in [0.25, 0.3) is 0 Å². The van der Waals surface area contributed by atoms with E-state index in [-0.39, 0.29) is 31.6 Å². The lowest BCUT2D eigenvalue weighted by molar-refractivity contribution is 0.177. The molecule has 7 heteroatoms. The van der Waals surface area contributed by atoms with Crippen molar-refractivity contribution in [3.05, 3.63) is 24.3 Å². The molecule has 0 radical (unpaired) electrons. The molecular formula is C14H22N2O4S. The van der Waals surface area contributed by atoms with Crippen molar-refractivity contribution in [2.45, 2.75) is 25.3 Å². The Balaban J connectivity index is 1.90. The maximum Gasteiger partial charge on any atom is 0.217 e. The zero-order valence-corrected chi connectivity index (χ0v) is 12.8. The van der Waals surface area contributed by atoms with Gasteiger partial charge >= 0.3 is 0 Å². The van der Waals surface area contributed by atoms with Crippen LogP contribution in [-0.4, -0.2) is 49.4 Å². The highest BCUT2D eigenvalue weighted by Crippen LogP contribution is 2.27. The van der Waals surface area contributed by atoms with Crippen LogP contribution >= 0.6 is 0 Å². The Morgan fingerprint density at radius 1 is 1.38 bits per heavy atom. The normalized spacial score (nSPS) is 15.9. The van der Waals surface area contributed by atoms with Crippen molar-refractivity contribution in [2.75, 3.05) is 31.2 Å².